The molecule has 30 heavy (non-hydrogen) atoms. The highest BCUT2D eigenvalue weighted by atomic mass is 16.9. The van der Waals surface area contributed by atoms with Gasteiger partial charge in [0.25, 0.3) is 5.79 Å². The van der Waals surface area contributed by atoms with Crippen LogP contribution in [0.3, 0.4) is 0 Å². The summed E-state index contributed by atoms with van der Waals surface area (Å²) >= 11 is 0. The van der Waals surface area contributed by atoms with Crippen molar-refractivity contribution >= 4 is 11.8 Å². The first-order valence-corrected chi connectivity index (χ1v) is 9.44. The molecule has 0 aromatic heterocycles. The van der Waals surface area contributed by atoms with Crippen LogP contribution in [0.1, 0.15) is 11.1 Å². The maximum Gasteiger partial charge on any atom is 0.385 e. The van der Waals surface area contributed by atoms with Crippen LogP contribution < -0.4 is 0 Å². The number of ether oxygens (including phenoxy) is 5. The van der Waals surface area contributed by atoms with E-state index in [1.807, 2.05) is 72.8 Å². The quantitative estimate of drug-likeness (QED) is 0.640. The van der Waals surface area contributed by atoms with Gasteiger partial charge in [0.1, 0.15) is 5.76 Å². The van der Waals surface area contributed by atoms with Crippen molar-refractivity contribution in [1.82, 2.24) is 0 Å². The molecule has 1 aliphatic heterocycles. The van der Waals surface area contributed by atoms with Crippen LogP contribution in [0.25, 0.3) is 11.8 Å². The minimum atomic E-state index is -1.76. The van der Waals surface area contributed by atoms with Crippen LogP contribution in [0.4, 0.5) is 0 Å². The lowest BCUT2D eigenvalue weighted by molar-refractivity contribution is -0.476. The second kappa shape index (κ2) is 9.24. The van der Waals surface area contributed by atoms with Crippen molar-refractivity contribution in [3.8, 4) is 6.07 Å². The average molecular weight is 407 g/mol. The summed E-state index contributed by atoms with van der Waals surface area (Å²) in [6.45, 7) is 0. The molecule has 2 aromatic rings. The van der Waals surface area contributed by atoms with E-state index in [1.165, 1.54) is 28.4 Å². The summed E-state index contributed by atoms with van der Waals surface area (Å²) < 4.78 is 29.2. The van der Waals surface area contributed by atoms with E-state index >= 15 is 0 Å². The van der Waals surface area contributed by atoms with E-state index in [-0.39, 0.29) is 0 Å². The van der Waals surface area contributed by atoms with Gasteiger partial charge in [-0.25, -0.2) is 0 Å². The van der Waals surface area contributed by atoms with Crippen LogP contribution in [0.15, 0.2) is 72.3 Å². The Hall–Kier alpha value is -2.95. The van der Waals surface area contributed by atoms with Crippen LogP contribution in [0.5, 0.6) is 0 Å². The summed E-state index contributed by atoms with van der Waals surface area (Å²) in [6.07, 6.45) is 3.75. The number of hydrogen-bond donors (Lipinski definition) is 0. The zero-order valence-corrected chi connectivity index (χ0v) is 17.5. The van der Waals surface area contributed by atoms with Crippen molar-refractivity contribution in [1.29, 1.82) is 5.26 Å². The van der Waals surface area contributed by atoms with E-state index in [2.05, 4.69) is 6.07 Å². The molecule has 156 valence electrons. The summed E-state index contributed by atoms with van der Waals surface area (Å²) in [6, 6.07) is 21.4. The Morgan fingerprint density at radius 1 is 0.867 bits per heavy atom. The Morgan fingerprint density at radius 2 is 1.43 bits per heavy atom. The van der Waals surface area contributed by atoms with Gasteiger partial charge in [-0.2, -0.15) is 5.26 Å². The minimum Gasteiger partial charge on any atom is -0.433 e. The number of nitriles is 1. The summed E-state index contributed by atoms with van der Waals surface area (Å²) in [5, 5.41) is 10.1. The average Bonchev–Trinajstić information content (AvgIpc) is 2.82. The van der Waals surface area contributed by atoms with Crippen LogP contribution >= 0.6 is 0 Å². The van der Waals surface area contributed by atoms with Crippen molar-refractivity contribution in [2.75, 3.05) is 28.4 Å². The zero-order chi connectivity index (χ0) is 21.6. The number of methoxy groups -OCH3 is 4. The summed E-state index contributed by atoms with van der Waals surface area (Å²) in [7, 11) is 5.81. The summed E-state index contributed by atoms with van der Waals surface area (Å²) in [5.41, 5.74) is 2.01. The van der Waals surface area contributed by atoms with E-state index in [9.17, 15) is 5.26 Å². The Balaban J connectivity index is 2.27. The zero-order valence-electron chi connectivity index (χ0n) is 17.5. The third-order valence-electron chi connectivity index (χ3n) is 5.21. The van der Waals surface area contributed by atoms with Crippen molar-refractivity contribution in [2.24, 2.45) is 5.92 Å². The van der Waals surface area contributed by atoms with Gasteiger partial charge in [0.2, 0.25) is 0 Å². The van der Waals surface area contributed by atoms with E-state index in [4.69, 9.17) is 23.7 Å². The topological polar surface area (TPSA) is 69.9 Å². The highest BCUT2D eigenvalue weighted by Gasteiger charge is 2.66. The van der Waals surface area contributed by atoms with E-state index in [1.54, 1.807) is 0 Å². The lowest BCUT2D eigenvalue weighted by Gasteiger charge is -2.50. The molecule has 6 heteroatoms. The first kappa shape index (κ1) is 21.8. The molecule has 0 amide bonds. The molecule has 0 aliphatic carbocycles. The van der Waals surface area contributed by atoms with Gasteiger partial charge in [-0.3, -0.25) is 0 Å². The number of rotatable bonds is 7. The minimum absolute atomic E-state index is 0.335. The van der Waals surface area contributed by atoms with Crippen LogP contribution in [0, 0.1) is 17.2 Å². The van der Waals surface area contributed by atoms with E-state index in [0.29, 0.717) is 16.9 Å². The SMILES string of the molecule is COC1(OC)OC(c2ccccc2)=C(C#N)[C@@H](/C=C/c2ccccc2)C1(OC)OC. The van der Waals surface area contributed by atoms with Gasteiger partial charge >= 0.3 is 5.97 Å². The summed E-state index contributed by atoms with van der Waals surface area (Å²) in [5.74, 6) is -3.69. The first-order valence-electron chi connectivity index (χ1n) is 9.44. The molecule has 1 atom stereocenters. The maximum absolute atomic E-state index is 10.1. The van der Waals surface area contributed by atoms with Gasteiger partial charge in [0, 0.05) is 34.0 Å². The van der Waals surface area contributed by atoms with Crippen molar-refractivity contribution < 1.29 is 23.7 Å². The van der Waals surface area contributed by atoms with Gasteiger partial charge in [-0.05, 0) is 5.56 Å². The van der Waals surface area contributed by atoms with Crippen molar-refractivity contribution in [2.45, 2.75) is 11.8 Å². The fourth-order valence-electron chi connectivity index (χ4n) is 3.74. The third-order valence-corrected chi connectivity index (χ3v) is 5.21. The Kier molecular flexibility index (Phi) is 6.70. The monoisotopic (exact) mass is 407 g/mol. The largest absolute Gasteiger partial charge is 0.433 e. The van der Waals surface area contributed by atoms with Crippen LogP contribution in [0.2, 0.25) is 0 Å². The number of nitrogens with zero attached hydrogens (tertiary/aromatic N) is 1. The van der Waals surface area contributed by atoms with Crippen molar-refractivity contribution in [3.63, 3.8) is 0 Å². The molecule has 0 N–H and O–H groups in total. The molecule has 0 radical (unpaired) electrons. The van der Waals surface area contributed by atoms with Gasteiger partial charge < -0.3 is 23.7 Å². The van der Waals surface area contributed by atoms with Gasteiger partial charge in [-0.1, -0.05) is 72.8 Å². The molecule has 1 heterocycles. The highest BCUT2D eigenvalue weighted by molar-refractivity contribution is 5.70. The maximum atomic E-state index is 10.1. The fraction of sp³-hybridized carbons (Fsp3) is 0.292. The molecular formula is C24H25NO5. The lowest BCUT2D eigenvalue weighted by atomic mass is 9.83. The molecule has 0 fully saturated rings. The smallest absolute Gasteiger partial charge is 0.385 e. The second-order valence-electron chi connectivity index (χ2n) is 6.61. The molecule has 0 saturated carbocycles. The van der Waals surface area contributed by atoms with Crippen LogP contribution in [-0.2, 0) is 23.7 Å². The molecule has 6 nitrogen and oxygen atoms in total. The molecular weight excluding hydrogens is 382 g/mol. The fourth-order valence-corrected chi connectivity index (χ4v) is 3.74. The molecule has 1 aliphatic rings. The normalized spacial score (nSPS) is 20.0. The van der Waals surface area contributed by atoms with E-state index in [0.717, 1.165) is 5.56 Å². The van der Waals surface area contributed by atoms with Crippen molar-refractivity contribution in [3.05, 3.63) is 83.4 Å². The van der Waals surface area contributed by atoms with Gasteiger partial charge in [0.05, 0.1) is 17.6 Å². The standard InChI is InChI=1S/C24H25NO5/c1-26-23(27-2)21(16-15-18-11-7-5-8-12-18)20(17-25)22(19-13-9-6-10-14-19)30-24(23,28-3)29-4/h5-16,21H,1-4H3/b16-15+/t21-/m1/s1. The second-order valence-corrected chi connectivity index (χ2v) is 6.61. The third kappa shape index (κ3) is 3.53. The predicted octanol–water partition coefficient (Wildman–Crippen LogP) is 4.22. The molecule has 0 spiro atoms. The molecule has 0 bridgehead atoms. The Morgan fingerprint density at radius 3 is 1.93 bits per heavy atom. The molecule has 0 unspecified atom stereocenters. The lowest BCUT2D eigenvalue weighted by Crippen LogP contribution is -2.66. The van der Waals surface area contributed by atoms with Gasteiger partial charge in [0.15, 0.2) is 0 Å². The number of benzene rings is 2. The Labute approximate surface area is 176 Å². The Bertz CT molecular complexity index is 939. The molecule has 2 aromatic carbocycles. The predicted molar refractivity (Wildman–Crippen MR) is 113 cm³/mol. The summed E-state index contributed by atoms with van der Waals surface area (Å²) in [4.78, 5) is 0. The highest BCUT2D eigenvalue weighted by Crippen LogP contribution is 2.50. The first-order chi connectivity index (χ1) is 14.6. The number of hydrogen-bond acceptors (Lipinski definition) is 6. The molecule has 3 rings (SSSR count). The van der Waals surface area contributed by atoms with E-state index < -0.39 is 17.7 Å². The van der Waals surface area contributed by atoms with Gasteiger partial charge in [-0.15, -0.1) is 0 Å². The molecule has 0 saturated heterocycles. The van der Waals surface area contributed by atoms with Crippen LogP contribution in [-0.4, -0.2) is 40.2 Å².